The second-order valence-electron chi connectivity index (χ2n) is 6.03. The summed E-state index contributed by atoms with van der Waals surface area (Å²) in [4.78, 5) is 2.53. The van der Waals surface area contributed by atoms with E-state index in [1.807, 2.05) is 6.07 Å². The van der Waals surface area contributed by atoms with Crippen molar-refractivity contribution in [2.24, 2.45) is 0 Å². The molecule has 2 aromatic carbocycles. The summed E-state index contributed by atoms with van der Waals surface area (Å²) in [5.41, 5.74) is 3.84. The summed E-state index contributed by atoms with van der Waals surface area (Å²) in [6.45, 7) is 6.84. The van der Waals surface area contributed by atoms with E-state index in [1.54, 1.807) is 0 Å². The van der Waals surface area contributed by atoms with Crippen molar-refractivity contribution in [1.82, 2.24) is 0 Å². The molecule has 0 aliphatic carbocycles. The van der Waals surface area contributed by atoms with Crippen LogP contribution in [0.15, 0.2) is 54.6 Å². The van der Waals surface area contributed by atoms with Crippen LogP contribution >= 0.6 is 0 Å². The number of hydrogen-bond acceptors (Lipinski definition) is 1. The summed E-state index contributed by atoms with van der Waals surface area (Å²) in [5, 5.41) is 0. The minimum atomic E-state index is 1.16. The highest BCUT2D eigenvalue weighted by Gasteiger charge is 2.05. The van der Waals surface area contributed by atoms with Crippen LogP contribution < -0.4 is 4.90 Å². The van der Waals surface area contributed by atoms with Gasteiger partial charge in [0.05, 0.1) is 0 Å². The average molecular weight is 307 g/mol. The molecule has 2 aromatic rings. The highest BCUT2D eigenvalue weighted by Crippen LogP contribution is 2.18. The Labute approximate surface area is 141 Å². The van der Waals surface area contributed by atoms with Gasteiger partial charge in [0, 0.05) is 18.8 Å². The molecule has 0 heterocycles. The molecule has 0 saturated heterocycles. The summed E-state index contributed by atoms with van der Waals surface area (Å²) in [7, 11) is 0. The molecule has 0 aliphatic heterocycles. The Bertz CT molecular complexity index is 561. The Morgan fingerprint density at radius 3 is 1.74 bits per heavy atom. The number of benzene rings is 2. The lowest BCUT2D eigenvalue weighted by Crippen LogP contribution is -2.25. The second kappa shape index (κ2) is 9.89. The highest BCUT2D eigenvalue weighted by atomic mass is 15.1. The lowest BCUT2D eigenvalue weighted by Gasteiger charge is -2.24. The van der Waals surface area contributed by atoms with Gasteiger partial charge in [0.25, 0.3) is 0 Å². The fourth-order valence-electron chi connectivity index (χ4n) is 2.62. The molecule has 0 spiro atoms. The molecule has 0 amide bonds. The normalized spacial score (nSPS) is 11.0. The molecule has 0 radical (unpaired) electrons. The molecule has 0 fully saturated rings. The standard InChI is InChI=1S/C22H29N/c1-3-5-18-23(19-6-4-2)22-16-14-21(15-17-22)13-12-20-10-8-7-9-11-20/h7-17H,3-6,18-19H2,1-2H3. The van der Waals surface area contributed by atoms with Gasteiger partial charge < -0.3 is 4.90 Å². The van der Waals surface area contributed by atoms with Crippen LogP contribution in [0.5, 0.6) is 0 Å². The average Bonchev–Trinajstić information content (AvgIpc) is 2.62. The highest BCUT2D eigenvalue weighted by molar-refractivity contribution is 5.70. The summed E-state index contributed by atoms with van der Waals surface area (Å²) in [5.74, 6) is 0. The molecule has 0 unspecified atom stereocenters. The first-order chi connectivity index (χ1) is 11.3. The van der Waals surface area contributed by atoms with Gasteiger partial charge in [0.2, 0.25) is 0 Å². The van der Waals surface area contributed by atoms with Crippen molar-refractivity contribution < 1.29 is 0 Å². The Morgan fingerprint density at radius 2 is 1.22 bits per heavy atom. The number of rotatable bonds is 9. The van der Waals surface area contributed by atoms with E-state index in [0.29, 0.717) is 0 Å². The fraction of sp³-hybridized carbons (Fsp3) is 0.364. The Morgan fingerprint density at radius 1 is 0.696 bits per heavy atom. The van der Waals surface area contributed by atoms with Crippen LogP contribution in [-0.4, -0.2) is 13.1 Å². The zero-order chi connectivity index (χ0) is 16.3. The monoisotopic (exact) mass is 307 g/mol. The van der Waals surface area contributed by atoms with E-state index < -0.39 is 0 Å². The molecular formula is C22H29N. The Kier molecular flexibility index (Phi) is 7.45. The van der Waals surface area contributed by atoms with Crippen molar-refractivity contribution in [3.05, 3.63) is 65.7 Å². The molecule has 2 rings (SSSR count). The SMILES string of the molecule is CCCCN(CCCC)c1ccc(C=Cc2ccccc2)cc1. The molecule has 122 valence electrons. The van der Waals surface area contributed by atoms with Gasteiger partial charge in [0.1, 0.15) is 0 Å². The summed E-state index contributed by atoms with van der Waals surface area (Å²) in [6, 6.07) is 19.4. The van der Waals surface area contributed by atoms with Crippen molar-refractivity contribution in [3.63, 3.8) is 0 Å². The largest absolute Gasteiger partial charge is 0.372 e. The zero-order valence-electron chi connectivity index (χ0n) is 14.5. The van der Waals surface area contributed by atoms with Gasteiger partial charge in [-0.25, -0.2) is 0 Å². The molecule has 0 atom stereocenters. The lowest BCUT2D eigenvalue weighted by molar-refractivity contribution is 0.678. The number of unbranched alkanes of at least 4 members (excludes halogenated alkanes) is 2. The van der Waals surface area contributed by atoms with Crippen LogP contribution in [-0.2, 0) is 0 Å². The van der Waals surface area contributed by atoms with E-state index in [1.165, 1.54) is 42.5 Å². The first-order valence-electron chi connectivity index (χ1n) is 8.91. The van der Waals surface area contributed by atoms with E-state index in [4.69, 9.17) is 0 Å². The predicted molar refractivity (Wildman–Crippen MR) is 104 cm³/mol. The predicted octanol–water partition coefficient (Wildman–Crippen LogP) is 6.26. The molecule has 1 heteroatoms. The summed E-state index contributed by atoms with van der Waals surface area (Å²) >= 11 is 0. The van der Waals surface area contributed by atoms with Crippen molar-refractivity contribution >= 4 is 17.8 Å². The maximum absolute atomic E-state index is 2.53. The smallest absolute Gasteiger partial charge is 0.0366 e. The van der Waals surface area contributed by atoms with Gasteiger partial charge in [-0.05, 0) is 36.1 Å². The molecule has 0 N–H and O–H groups in total. The first-order valence-corrected chi connectivity index (χ1v) is 8.91. The minimum absolute atomic E-state index is 1.16. The molecule has 0 bridgehead atoms. The van der Waals surface area contributed by atoms with E-state index in [2.05, 4.69) is 79.4 Å². The summed E-state index contributed by atoms with van der Waals surface area (Å²) < 4.78 is 0. The minimum Gasteiger partial charge on any atom is -0.372 e. The van der Waals surface area contributed by atoms with Crippen LogP contribution in [0.3, 0.4) is 0 Å². The van der Waals surface area contributed by atoms with Crippen molar-refractivity contribution in [3.8, 4) is 0 Å². The van der Waals surface area contributed by atoms with Gasteiger partial charge >= 0.3 is 0 Å². The topological polar surface area (TPSA) is 3.24 Å². The molecular weight excluding hydrogens is 278 g/mol. The van der Waals surface area contributed by atoms with Crippen LogP contribution in [0.25, 0.3) is 12.2 Å². The van der Waals surface area contributed by atoms with E-state index in [-0.39, 0.29) is 0 Å². The van der Waals surface area contributed by atoms with Crippen LogP contribution in [0.2, 0.25) is 0 Å². The molecule has 0 saturated carbocycles. The van der Waals surface area contributed by atoms with Gasteiger partial charge in [-0.1, -0.05) is 81.3 Å². The van der Waals surface area contributed by atoms with Gasteiger partial charge in [-0.15, -0.1) is 0 Å². The van der Waals surface area contributed by atoms with Crippen LogP contribution in [0.4, 0.5) is 5.69 Å². The van der Waals surface area contributed by atoms with Crippen molar-refractivity contribution in [1.29, 1.82) is 0 Å². The third kappa shape index (κ3) is 5.94. The number of hydrogen-bond donors (Lipinski definition) is 0. The lowest BCUT2D eigenvalue weighted by atomic mass is 10.1. The first kappa shape index (κ1) is 17.3. The van der Waals surface area contributed by atoms with Gasteiger partial charge in [-0.2, -0.15) is 0 Å². The van der Waals surface area contributed by atoms with Gasteiger partial charge in [0.15, 0.2) is 0 Å². The van der Waals surface area contributed by atoms with Crippen LogP contribution in [0.1, 0.15) is 50.7 Å². The van der Waals surface area contributed by atoms with E-state index in [9.17, 15) is 0 Å². The molecule has 0 aliphatic rings. The Balaban J connectivity index is 2.02. The van der Waals surface area contributed by atoms with E-state index >= 15 is 0 Å². The third-order valence-electron chi connectivity index (χ3n) is 4.09. The maximum atomic E-state index is 2.53. The van der Waals surface area contributed by atoms with Crippen molar-refractivity contribution in [2.75, 3.05) is 18.0 Å². The van der Waals surface area contributed by atoms with E-state index in [0.717, 1.165) is 13.1 Å². The Hall–Kier alpha value is -2.02. The zero-order valence-corrected chi connectivity index (χ0v) is 14.5. The summed E-state index contributed by atoms with van der Waals surface area (Å²) in [6.07, 6.45) is 9.38. The maximum Gasteiger partial charge on any atom is 0.0366 e. The fourth-order valence-corrected chi connectivity index (χ4v) is 2.62. The number of anilines is 1. The molecule has 0 aromatic heterocycles. The molecule has 1 nitrogen and oxygen atoms in total. The number of nitrogens with zero attached hydrogens (tertiary/aromatic N) is 1. The van der Waals surface area contributed by atoms with Crippen molar-refractivity contribution in [2.45, 2.75) is 39.5 Å². The van der Waals surface area contributed by atoms with Crippen LogP contribution in [0, 0.1) is 0 Å². The quantitative estimate of drug-likeness (QED) is 0.494. The van der Waals surface area contributed by atoms with Gasteiger partial charge in [-0.3, -0.25) is 0 Å². The third-order valence-corrected chi connectivity index (χ3v) is 4.09. The molecule has 23 heavy (non-hydrogen) atoms. The second-order valence-corrected chi connectivity index (χ2v) is 6.03.